The number of fused-ring (bicyclic) bond motifs is 1. The molecule has 0 aliphatic carbocycles. The molecule has 1 aliphatic heterocycles. The number of anilines is 2. The van der Waals surface area contributed by atoms with E-state index in [1.54, 1.807) is 0 Å². The van der Waals surface area contributed by atoms with E-state index in [0.29, 0.717) is 18.1 Å². The Kier molecular flexibility index (Phi) is 3.23. The van der Waals surface area contributed by atoms with E-state index in [1.807, 2.05) is 23.1 Å². The van der Waals surface area contributed by atoms with Crippen molar-refractivity contribution in [3.63, 3.8) is 0 Å². The fraction of sp³-hybridized carbons (Fsp3) is 0.267. The number of nitrogens with two attached hydrogens (primary N) is 1. The molecule has 3 rings (SSSR count). The minimum atomic E-state index is -4.36. The van der Waals surface area contributed by atoms with E-state index in [2.05, 4.69) is 4.98 Å². The van der Waals surface area contributed by atoms with Gasteiger partial charge < -0.3 is 10.6 Å². The highest BCUT2D eigenvalue weighted by Crippen LogP contribution is 2.31. The van der Waals surface area contributed by atoms with Crippen molar-refractivity contribution in [1.82, 2.24) is 4.98 Å². The molecule has 0 amide bonds. The molecule has 2 aromatic rings. The number of alkyl halides is 3. The number of benzene rings is 1. The normalized spacial score (nSPS) is 14.9. The maximum atomic E-state index is 12.5. The number of nitrogen functional groups attached to an aromatic ring is 1. The summed E-state index contributed by atoms with van der Waals surface area (Å²) in [7, 11) is 0. The van der Waals surface area contributed by atoms with E-state index in [0.717, 1.165) is 30.8 Å². The van der Waals surface area contributed by atoms with Crippen LogP contribution in [0.3, 0.4) is 0 Å². The van der Waals surface area contributed by atoms with Crippen LogP contribution in [-0.4, -0.2) is 11.5 Å². The summed E-state index contributed by atoms with van der Waals surface area (Å²) in [4.78, 5) is 5.88. The lowest BCUT2D eigenvalue weighted by molar-refractivity contribution is -0.137. The highest BCUT2D eigenvalue weighted by Gasteiger charge is 2.31. The van der Waals surface area contributed by atoms with Gasteiger partial charge in [-0.25, -0.2) is 4.98 Å². The maximum Gasteiger partial charge on any atom is 0.417 e. The SMILES string of the molecule is Nc1cccc2c1CN(c1ccc(C(F)(F)F)cn1)CC2. The molecule has 1 aromatic carbocycles. The Morgan fingerprint density at radius 1 is 1.14 bits per heavy atom. The molecule has 6 heteroatoms. The second-order valence-electron chi connectivity index (χ2n) is 5.06. The van der Waals surface area contributed by atoms with Gasteiger partial charge in [0.1, 0.15) is 5.82 Å². The average molecular weight is 293 g/mol. The van der Waals surface area contributed by atoms with E-state index < -0.39 is 11.7 Å². The summed E-state index contributed by atoms with van der Waals surface area (Å²) in [6.45, 7) is 1.29. The second kappa shape index (κ2) is 4.95. The summed E-state index contributed by atoms with van der Waals surface area (Å²) in [5, 5.41) is 0. The monoisotopic (exact) mass is 293 g/mol. The summed E-state index contributed by atoms with van der Waals surface area (Å²) >= 11 is 0. The first kappa shape index (κ1) is 13.7. The predicted octanol–water partition coefficient (Wildman–Crippen LogP) is 3.25. The van der Waals surface area contributed by atoms with Crippen LogP contribution in [-0.2, 0) is 19.1 Å². The van der Waals surface area contributed by atoms with Crippen LogP contribution in [0.4, 0.5) is 24.7 Å². The molecule has 21 heavy (non-hydrogen) atoms. The molecule has 0 spiro atoms. The van der Waals surface area contributed by atoms with E-state index in [4.69, 9.17) is 5.73 Å². The first-order chi connectivity index (χ1) is 9.95. The van der Waals surface area contributed by atoms with Crippen LogP contribution >= 0.6 is 0 Å². The van der Waals surface area contributed by atoms with E-state index in [-0.39, 0.29) is 0 Å². The first-order valence-corrected chi connectivity index (χ1v) is 6.59. The lowest BCUT2D eigenvalue weighted by atomic mass is 9.98. The molecule has 0 saturated carbocycles. The Morgan fingerprint density at radius 2 is 1.95 bits per heavy atom. The van der Waals surface area contributed by atoms with Crippen molar-refractivity contribution in [3.8, 4) is 0 Å². The van der Waals surface area contributed by atoms with Crippen LogP contribution < -0.4 is 10.6 Å². The van der Waals surface area contributed by atoms with Crippen molar-refractivity contribution in [2.75, 3.05) is 17.2 Å². The minimum absolute atomic E-state index is 0.539. The van der Waals surface area contributed by atoms with Gasteiger partial charge >= 0.3 is 6.18 Å². The van der Waals surface area contributed by atoms with E-state index >= 15 is 0 Å². The zero-order valence-corrected chi connectivity index (χ0v) is 11.2. The fourth-order valence-corrected chi connectivity index (χ4v) is 2.54. The summed E-state index contributed by atoms with van der Waals surface area (Å²) in [5.41, 5.74) is 8.17. The Hall–Kier alpha value is -2.24. The van der Waals surface area contributed by atoms with Gasteiger partial charge in [0.15, 0.2) is 0 Å². The smallest absolute Gasteiger partial charge is 0.398 e. The largest absolute Gasteiger partial charge is 0.417 e. The third-order valence-corrected chi connectivity index (χ3v) is 3.71. The van der Waals surface area contributed by atoms with Gasteiger partial charge in [-0.05, 0) is 35.7 Å². The van der Waals surface area contributed by atoms with Gasteiger partial charge in [0, 0.05) is 25.0 Å². The first-order valence-electron chi connectivity index (χ1n) is 6.59. The third kappa shape index (κ3) is 2.66. The highest BCUT2D eigenvalue weighted by molar-refractivity contribution is 5.55. The van der Waals surface area contributed by atoms with Gasteiger partial charge in [-0.15, -0.1) is 0 Å². The number of hydrogen-bond acceptors (Lipinski definition) is 3. The number of aromatic nitrogens is 1. The van der Waals surface area contributed by atoms with Gasteiger partial charge in [-0.3, -0.25) is 0 Å². The molecule has 0 bridgehead atoms. The number of rotatable bonds is 1. The summed E-state index contributed by atoms with van der Waals surface area (Å²) in [6.07, 6.45) is -2.67. The average Bonchev–Trinajstić information content (AvgIpc) is 2.47. The van der Waals surface area contributed by atoms with Crippen LogP contribution in [0.5, 0.6) is 0 Å². The van der Waals surface area contributed by atoms with Crippen molar-refractivity contribution in [2.45, 2.75) is 19.1 Å². The Bertz CT molecular complexity index is 650. The fourth-order valence-electron chi connectivity index (χ4n) is 2.54. The van der Waals surface area contributed by atoms with Gasteiger partial charge in [-0.1, -0.05) is 12.1 Å². The van der Waals surface area contributed by atoms with Crippen LogP contribution in [0.1, 0.15) is 16.7 Å². The van der Waals surface area contributed by atoms with Gasteiger partial charge in [0.05, 0.1) is 5.56 Å². The Morgan fingerprint density at radius 3 is 2.62 bits per heavy atom. The number of halogens is 3. The molecule has 0 fully saturated rings. The zero-order chi connectivity index (χ0) is 15.0. The van der Waals surface area contributed by atoms with Crippen LogP contribution in [0.2, 0.25) is 0 Å². The van der Waals surface area contributed by atoms with Crippen LogP contribution in [0.15, 0.2) is 36.5 Å². The molecule has 0 atom stereocenters. The molecule has 1 aromatic heterocycles. The van der Waals surface area contributed by atoms with E-state index in [1.165, 1.54) is 11.6 Å². The summed E-state index contributed by atoms with van der Waals surface area (Å²) < 4.78 is 37.6. The maximum absolute atomic E-state index is 12.5. The lowest BCUT2D eigenvalue weighted by Crippen LogP contribution is -2.31. The molecule has 0 unspecified atom stereocenters. The number of hydrogen-bond donors (Lipinski definition) is 1. The van der Waals surface area contributed by atoms with Gasteiger partial charge in [-0.2, -0.15) is 13.2 Å². The lowest BCUT2D eigenvalue weighted by Gasteiger charge is -2.30. The van der Waals surface area contributed by atoms with Crippen molar-refractivity contribution in [2.24, 2.45) is 0 Å². The quantitative estimate of drug-likeness (QED) is 0.821. The summed E-state index contributed by atoms with van der Waals surface area (Å²) in [6, 6.07) is 8.26. The van der Waals surface area contributed by atoms with E-state index in [9.17, 15) is 13.2 Å². The number of pyridine rings is 1. The molecule has 0 radical (unpaired) electrons. The third-order valence-electron chi connectivity index (χ3n) is 3.71. The molecule has 2 N–H and O–H groups in total. The van der Waals surface area contributed by atoms with Crippen molar-refractivity contribution < 1.29 is 13.2 Å². The number of nitrogens with zero attached hydrogens (tertiary/aromatic N) is 2. The molecule has 2 heterocycles. The van der Waals surface area contributed by atoms with Gasteiger partial charge in [0.25, 0.3) is 0 Å². The molecule has 0 saturated heterocycles. The molecule has 3 nitrogen and oxygen atoms in total. The molecular weight excluding hydrogens is 279 g/mol. The zero-order valence-electron chi connectivity index (χ0n) is 11.2. The second-order valence-corrected chi connectivity index (χ2v) is 5.06. The van der Waals surface area contributed by atoms with Gasteiger partial charge in [0.2, 0.25) is 0 Å². The molecule has 1 aliphatic rings. The minimum Gasteiger partial charge on any atom is -0.398 e. The van der Waals surface area contributed by atoms with Crippen molar-refractivity contribution in [1.29, 1.82) is 0 Å². The van der Waals surface area contributed by atoms with Crippen LogP contribution in [0.25, 0.3) is 0 Å². The molecular formula is C15H14F3N3. The Balaban J connectivity index is 1.85. The standard InChI is InChI=1S/C15H14F3N3/c16-15(17,18)11-4-5-14(20-8-11)21-7-6-10-2-1-3-13(19)12(10)9-21/h1-5,8H,6-7,9,19H2. The van der Waals surface area contributed by atoms with Crippen molar-refractivity contribution in [3.05, 3.63) is 53.2 Å². The Labute approximate surface area is 120 Å². The topological polar surface area (TPSA) is 42.1 Å². The van der Waals surface area contributed by atoms with Crippen LogP contribution in [0, 0.1) is 0 Å². The van der Waals surface area contributed by atoms with Crippen molar-refractivity contribution >= 4 is 11.5 Å². The predicted molar refractivity (Wildman–Crippen MR) is 74.8 cm³/mol. The molecule has 110 valence electrons. The highest BCUT2D eigenvalue weighted by atomic mass is 19.4. The summed E-state index contributed by atoms with van der Waals surface area (Å²) in [5.74, 6) is 0.539.